The van der Waals surface area contributed by atoms with Crippen LogP contribution in [0.1, 0.15) is 64.4 Å². The molecule has 1 saturated carbocycles. The molecule has 0 spiro atoms. The molecule has 0 heterocycles. The molecule has 3 nitrogen and oxygen atoms in total. The van der Waals surface area contributed by atoms with Crippen molar-refractivity contribution in [2.45, 2.75) is 65.2 Å². The van der Waals surface area contributed by atoms with Crippen LogP contribution < -0.4 is 4.74 Å². The van der Waals surface area contributed by atoms with Crippen LogP contribution in [0.2, 0.25) is 0 Å². The number of ether oxygens (including phenoxy) is 1. The number of benzene rings is 1. The second-order valence-corrected chi connectivity index (χ2v) is 6.65. The lowest BCUT2D eigenvalue weighted by Gasteiger charge is -2.22. The number of carbonyl (C=O) groups is 1. The molecule has 0 aliphatic heterocycles. The van der Waals surface area contributed by atoms with E-state index < -0.39 is 0 Å². The van der Waals surface area contributed by atoms with E-state index in [0.717, 1.165) is 31.7 Å². The zero-order valence-corrected chi connectivity index (χ0v) is 14.7. The summed E-state index contributed by atoms with van der Waals surface area (Å²) in [6, 6.07) is 8.09. The summed E-state index contributed by atoms with van der Waals surface area (Å²) in [6.45, 7) is 5.58. The number of nitrogens with zero attached hydrogens (tertiary/aromatic N) is 1. The van der Waals surface area contributed by atoms with Gasteiger partial charge in [-0.05, 0) is 43.4 Å². The van der Waals surface area contributed by atoms with Gasteiger partial charge in [-0.3, -0.25) is 0 Å². The highest BCUT2D eigenvalue weighted by Gasteiger charge is 2.15. The van der Waals surface area contributed by atoms with Crippen LogP contribution in [-0.2, 0) is 6.42 Å². The molecule has 1 amide bonds. The molecule has 0 aromatic heterocycles. The molecule has 0 bridgehead atoms. The van der Waals surface area contributed by atoms with E-state index in [4.69, 9.17) is 4.74 Å². The Hall–Kier alpha value is -1.51. The van der Waals surface area contributed by atoms with Gasteiger partial charge in [-0.25, -0.2) is 4.79 Å². The van der Waals surface area contributed by atoms with Crippen LogP contribution in [0.3, 0.4) is 0 Å². The molecule has 1 aromatic carbocycles. The quantitative estimate of drug-likeness (QED) is 0.671. The Kier molecular flexibility index (Phi) is 7.44. The van der Waals surface area contributed by atoms with Crippen LogP contribution in [0.4, 0.5) is 4.79 Å². The Morgan fingerprint density at radius 3 is 2.43 bits per heavy atom. The first-order valence-corrected chi connectivity index (χ1v) is 9.28. The molecule has 0 unspecified atom stereocenters. The van der Waals surface area contributed by atoms with Crippen LogP contribution >= 0.6 is 0 Å². The fraction of sp³-hybridized carbons (Fsp3) is 0.650. The predicted molar refractivity (Wildman–Crippen MR) is 94.9 cm³/mol. The van der Waals surface area contributed by atoms with Crippen molar-refractivity contribution in [1.82, 2.24) is 4.90 Å². The van der Waals surface area contributed by atoms with E-state index >= 15 is 0 Å². The molecule has 0 radical (unpaired) electrons. The third-order valence-corrected chi connectivity index (χ3v) is 4.80. The lowest BCUT2D eigenvalue weighted by molar-refractivity contribution is 0.154. The van der Waals surface area contributed by atoms with Gasteiger partial charge in [-0.2, -0.15) is 0 Å². The third kappa shape index (κ3) is 5.89. The molecular weight excluding hydrogens is 286 g/mol. The van der Waals surface area contributed by atoms with E-state index in [1.54, 1.807) is 4.90 Å². The van der Waals surface area contributed by atoms with E-state index in [0.29, 0.717) is 12.3 Å². The highest BCUT2D eigenvalue weighted by molar-refractivity contribution is 5.70. The van der Waals surface area contributed by atoms with Gasteiger partial charge in [0.05, 0.1) is 0 Å². The highest BCUT2D eigenvalue weighted by Crippen LogP contribution is 2.27. The van der Waals surface area contributed by atoms with Crippen molar-refractivity contribution in [3.63, 3.8) is 0 Å². The molecule has 1 fully saturated rings. The van der Waals surface area contributed by atoms with E-state index in [2.05, 4.69) is 19.1 Å². The lowest BCUT2D eigenvalue weighted by Crippen LogP contribution is -2.34. The topological polar surface area (TPSA) is 29.5 Å². The largest absolute Gasteiger partial charge is 0.415 e. The summed E-state index contributed by atoms with van der Waals surface area (Å²) in [5.74, 6) is 1.49. The Morgan fingerprint density at radius 1 is 1.13 bits per heavy atom. The standard InChI is InChI=1S/C20H31NO2/c1-3-5-15-21(4-2)20(22)23-19-13-11-18(12-14-19)16-17-9-7-6-8-10-17/h11-14,17H,3-10,15-16H2,1-2H3. The van der Waals surface area contributed by atoms with Crippen molar-refractivity contribution in [1.29, 1.82) is 0 Å². The second kappa shape index (κ2) is 9.59. The highest BCUT2D eigenvalue weighted by atomic mass is 16.6. The lowest BCUT2D eigenvalue weighted by atomic mass is 9.85. The molecule has 128 valence electrons. The summed E-state index contributed by atoms with van der Waals surface area (Å²) in [5.41, 5.74) is 1.36. The minimum atomic E-state index is -0.235. The SMILES string of the molecule is CCCCN(CC)C(=O)Oc1ccc(CC2CCCCC2)cc1. The average Bonchev–Trinajstić information content (AvgIpc) is 2.58. The Balaban J connectivity index is 1.84. The summed E-state index contributed by atoms with van der Waals surface area (Å²) in [6.07, 6.45) is 9.90. The van der Waals surface area contributed by atoms with Crippen LogP contribution in [0, 0.1) is 5.92 Å². The van der Waals surface area contributed by atoms with Crippen molar-refractivity contribution in [2.24, 2.45) is 5.92 Å². The van der Waals surface area contributed by atoms with Crippen LogP contribution in [-0.4, -0.2) is 24.1 Å². The summed E-state index contributed by atoms with van der Waals surface area (Å²) in [4.78, 5) is 13.9. The number of hydrogen-bond acceptors (Lipinski definition) is 2. The van der Waals surface area contributed by atoms with E-state index in [1.165, 1.54) is 37.7 Å². The van der Waals surface area contributed by atoms with Gasteiger partial charge in [0.15, 0.2) is 0 Å². The third-order valence-electron chi connectivity index (χ3n) is 4.80. The number of amides is 1. The fourth-order valence-electron chi connectivity index (χ4n) is 3.31. The normalized spacial score (nSPS) is 15.4. The van der Waals surface area contributed by atoms with Gasteiger partial charge in [-0.1, -0.05) is 57.6 Å². The Morgan fingerprint density at radius 2 is 1.83 bits per heavy atom. The zero-order chi connectivity index (χ0) is 16.5. The molecule has 1 aliphatic carbocycles. The van der Waals surface area contributed by atoms with Gasteiger partial charge in [0, 0.05) is 13.1 Å². The number of carbonyl (C=O) groups excluding carboxylic acids is 1. The number of rotatable bonds is 7. The summed E-state index contributed by atoms with van der Waals surface area (Å²) in [5, 5.41) is 0. The number of unbranched alkanes of at least 4 members (excludes halogenated alkanes) is 1. The van der Waals surface area contributed by atoms with Crippen molar-refractivity contribution < 1.29 is 9.53 Å². The molecule has 0 atom stereocenters. The molecule has 0 N–H and O–H groups in total. The Labute approximate surface area is 141 Å². The average molecular weight is 317 g/mol. The van der Waals surface area contributed by atoms with E-state index in [-0.39, 0.29) is 6.09 Å². The summed E-state index contributed by atoms with van der Waals surface area (Å²) < 4.78 is 5.50. The Bertz CT molecular complexity index is 463. The second-order valence-electron chi connectivity index (χ2n) is 6.65. The van der Waals surface area contributed by atoms with Gasteiger partial charge >= 0.3 is 6.09 Å². The molecule has 1 aromatic rings. The molecular formula is C20H31NO2. The maximum Gasteiger partial charge on any atom is 0.415 e. The van der Waals surface area contributed by atoms with Gasteiger partial charge < -0.3 is 9.64 Å². The summed E-state index contributed by atoms with van der Waals surface area (Å²) >= 11 is 0. The van der Waals surface area contributed by atoms with Gasteiger partial charge in [-0.15, -0.1) is 0 Å². The van der Waals surface area contributed by atoms with E-state index in [1.807, 2.05) is 19.1 Å². The summed E-state index contributed by atoms with van der Waals surface area (Å²) in [7, 11) is 0. The molecule has 2 rings (SSSR count). The van der Waals surface area contributed by atoms with Crippen LogP contribution in [0.5, 0.6) is 5.75 Å². The maximum atomic E-state index is 12.2. The van der Waals surface area contributed by atoms with Gasteiger partial charge in [0.2, 0.25) is 0 Å². The molecule has 3 heteroatoms. The first-order valence-electron chi connectivity index (χ1n) is 9.28. The monoisotopic (exact) mass is 317 g/mol. The first kappa shape index (κ1) is 17.8. The first-order chi connectivity index (χ1) is 11.2. The number of hydrogen-bond donors (Lipinski definition) is 0. The van der Waals surface area contributed by atoms with Gasteiger partial charge in [0.1, 0.15) is 5.75 Å². The zero-order valence-electron chi connectivity index (χ0n) is 14.7. The fourth-order valence-corrected chi connectivity index (χ4v) is 3.31. The van der Waals surface area contributed by atoms with Crippen molar-refractivity contribution in [2.75, 3.05) is 13.1 Å². The minimum Gasteiger partial charge on any atom is -0.410 e. The van der Waals surface area contributed by atoms with Crippen molar-refractivity contribution in [3.8, 4) is 5.75 Å². The molecule has 23 heavy (non-hydrogen) atoms. The van der Waals surface area contributed by atoms with E-state index in [9.17, 15) is 4.79 Å². The smallest absolute Gasteiger partial charge is 0.410 e. The van der Waals surface area contributed by atoms with Crippen molar-refractivity contribution in [3.05, 3.63) is 29.8 Å². The van der Waals surface area contributed by atoms with Gasteiger partial charge in [0.25, 0.3) is 0 Å². The van der Waals surface area contributed by atoms with Crippen molar-refractivity contribution >= 4 is 6.09 Å². The van der Waals surface area contributed by atoms with Crippen LogP contribution in [0.25, 0.3) is 0 Å². The maximum absolute atomic E-state index is 12.2. The minimum absolute atomic E-state index is 0.235. The predicted octanol–water partition coefficient (Wildman–Crippen LogP) is 5.43. The molecule has 1 aliphatic rings. The van der Waals surface area contributed by atoms with Crippen LogP contribution in [0.15, 0.2) is 24.3 Å². The molecule has 0 saturated heterocycles.